The van der Waals surface area contributed by atoms with Gasteiger partial charge < -0.3 is 15.5 Å². The number of nitrogens with zero attached hydrogens (tertiary/aromatic N) is 1. The lowest BCUT2D eigenvalue weighted by Gasteiger charge is -2.24. The number of nitrogens with one attached hydrogen (secondary N) is 2. The Morgan fingerprint density at radius 1 is 0.917 bits per heavy atom. The monoisotopic (exact) mass is 518 g/mol. The third-order valence-corrected chi connectivity index (χ3v) is 6.69. The molecule has 0 aromatic heterocycles. The van der Waals surface area contributed by atoms with E-state index >= 15 is 0 Å². The molecule has 3 amide bonds. The zero-order chi connectivity index (χ0) is 26.0. The van der Waals surface area contributed by atoms with Crippen LogP contribution in [-0.4, -0.2) is 37.8 Å². The Hall–Kier alpha value is -3.90. The van der Waals surface area contributed by atoms with E-state index in [4.69, 9.17) is 5.14 Å². The normalized spacial score (nSPS) is 15.6. The van der Waals surface area contributed by atoms with Gasteiger partial charge in [0.05, 0.1) is 10.6 Å². The van der Waals surface area contributed by atoms with E-state index in [1.54, 1.807) is 6.07 Å². The minimum atomic E-state index is -4.05. The minimum absolute atomic E-state index is 0.0198. The number of hydrogen-bond donors (Lipinski definition) is 3. The van der Waals surface area contributed by atoms with Gasteiger partial charge in [-0.05, 0) is 48.7 Å². The van der Waals surface area contributed by atoms with Gasteiger partial charge in [0.2, 0.25) is 15.9 Å². The highest BCUT2D eigenvalue weighted by atomic mass is 32.2. The van der Waals surface area contributed by atoms with Crippen LogP contribution in [0.15, 0.2) is 65.6 Å². The first kappa shape index (κ1) is 25.2. The van der Waals surface area contributed by atoms with Gasteiger partial charge >= 0.3 is 6.03 Å². The summed E-state index contributed by atoms with van der Waals surface area (Å²) >= 11 is 0. The van der Waals surface area contributed by atoms with Crippen LogP contribution in [0.4, 0.5) is 29.3 Å². The van der Waals surface area contributed by atoms with Gasteiger partial charge in [-0.1, -0.05) is 24.3 Å². The molecule has 1 unspecified atom stereocenters. The number of nitrogens with two attached hydrogens (primary N) is 1. The van der Waals surface area contributed by atoms with Crippen LogP contribution in [0, 0.1) is 17.5 Å². The van der Waals surface area contributed by atoms with Crippen LogP contribution in [0.1, 0.15) is 12.8 Å². The van der Waals surface area contributed by atoms with Crippen LogP contribution in [0.2, 0.25) is 0 Å². The number of anilines is 2. The predicted molar refractivity (Wildman–Crippen MR) is 127 cm³/mol. The maximum absolute atomic E-state index is 14.9. The molecule has 0 radical (unpaired) electrons. The van der Waals surface area contributed by atoms with Crippen molar-refractivity contribution in [1.29, 1.82) is 0 Å². The van der Waals surface area contributed by atoms with Crippen LogP contribution in [0.5, 0.6) is 0 Å². The van der Waals surface area contributed by atoms with Crippen molar-refractivity contribution < 1.29 is 31.2 Å². The van der Waals surface area contributed by atoms with E-state index in [0.717, 1.165) is 18.2 Å². The Balaban J connectivity index is 1.49. The molecule has 0 saturated carbocycles. The Labute approximate surface area is 205 Å². The molecule has 1 heterocycles. The van der Waals surface area contributed by atoms with Crippen LogP contribution >= 0.6 is 0 Å². The van der Waals surface area contributed by atoms with Crippen molar-refractivity contribution in [2.45, 2.75) is 23.8 Å². The average Bonchev–Trinajstić information content (AvgIpc) is 3.33. The highest BCUT2D eigenvalue weighted by Crippen LogP contribution is 2.30. The molecule has 1 aliphatic heterocycles. The Morgan fingerprint density at radius 3 is 2.36 bits per heavy atom. The third kappa shape index (κ3) is 5.34. The summed E-state index contributed by atoms with van der Waals surface area (Å²) in [7, 11) is -4.05. The van der Waals surface area contributed by atoms with Gasteiger partial charge in [0, 0.05) is 23.9 Å². The van der Waals surface area contributed by atoms with Gasteiger partial charge in [0.25, 0.3) is 0 Å². The number of sulfonamides is 1. The van der Waals surface area contributed by atoms with Crippen LogP contribution in [-0.2, 0) is 14.8 Å². The second kappa shape index (κ2) is 9.99. The van der Waals surface area contributed by atoms with Gasteiger partial charge in [-0.2, -0.15) is 0 Å². The smallest absolute Gasteiger partial charge is 0.322 e. The van der Waals surface area contributed by atoms with Crippen LogP contribution in [0.3, 0.4) is 0 Å². The predicted octanol–water partition coefficient (Wildman–Crippen LogP) is 4.05. The number of carbonyl (C=O) groups is 2. The number of primary sulfonamides is 1. The van der Waals surface area contributed by atoms with Gasteiger partial charge in [-0.15, -0.1) is 0 Å². The Kier molecular flexibility index (Phi) is 7.00. The van der Waals surface area contributed by atoms with Crippen molar-refractivity contribution in [2.75, 3.05) is 17.2 Å². The average molecular weight is 519 g/mol. The molecule has 0 spiro atoms. The lowest BCUT2D eigenvalue weighted by atomic mass is 10.0. The maximum Gasteiger partial charge on any atom is 0.322 e. The van der Waals surface area contributed by atoms with E-state index in [1.807, 2.05) is 0 Å². The molecule has 4 rings (SSSR count). The number of halogens is 3. The molecule has 12 heteroatoms. The van der Waals surface area contributed by atoms with Crippen molar-refractivity contribution in [3.63, 3.8) is 0 Å². The first-order chi connectivity index (χ1) is 17.0. The van der Waals surface area contributed by atoms with Crippen molar-refractivity contribution in [3.8, 4) is 11.1 Å². The summed E-state index contributed by atoms with van der Waals surface area (Å²) in [6.07, 6.45) is 0.827. The molecular weight excluding hydrogens is 497 g/mol. The molecule has 1 atom stereocenters. The quantitative estimate of drug-likeness (QED) is 0.472. The highest BCUT2D eigenvalue weighted by Gasteiger charge is 2.34. The Bertz CT molecular complexity index is 1450. The SMILES string of the molecule is NS(=O)(=O)c1ccccc1-c1ccc(NC(=O)C2CCCN2C(=O)Nc2ccc(F)c(F)c2)c(F)c1. The van der Waals surface area contributed by atoms with Crippen LogP contribution in [0.25, 0.3) is 11.1 Å². The highest BCUT2D eigenvalue weighted by molar-refractivity contribution is 7.89. The Morgan fingerprint density at radius 2 is 1.67 bits per heavy atom. The van der Waals surface area contributed by atoms with Gasteiger partial charge in [0.1, 0.15) is 11.9 Å². The molecular formula is C24H21F3N4O4S. The van der Waals surface area contributed by atoms with E-state index in [0.29, 0.717) is 12.8 Å². The number of hydrogen-bond acceptors (Lipinski definition) is 4. The summed E-state index contributed by atoms with van der Waals surface area (Å²) in [5.74, 6) is -3.65. The largest absolute Gasteiger partial charge is 0.322 e. The topological polar surface area (TPSA) is 122 Å². The van der Waals surface area contributed by atoms with E-state index in [9.17, 15) is 31.2 Å². The van der Waals surface area contributed by atoms with E-state index in [1.165, 1.54) is 41.3 Å². The second-order valence-corrected chi connectivity index (χ2v) is 9.67. The fourth-order valence-corrected chi connectivity index (χ4v) is 4.77. The summed E-state index contributed by atoms with van der Waals surface area (Å²) < 4.78 is 65.1. The number of rotatable bonds is 5. The molecule has 1 saturated heterocycles. The third-order valence-electron chi connectivity index (χ3n) is 5.72. The molecule has 1 fully saturated rings. The van der Waals surface area contributed by atoms with Crippen LogP contribution < -0.4 is 15.8 Å². The van der Waals surface area contributed by atoms with Gasteiger partial charge in [-0.25, -0.2) is 31.5 Å². The van der Waals surface area contributed by atoms with Crippen molar-refractivity contribution in [1.82, 2.24) is 4.90 Å². The van der Waals surface area contributed by atoms with Gasteiger partial charge in [0.15, 0.2) is 11.6 Å². The molecule has 4 N–H and O–H groups in total. The van der Waals surface area contributed by atoms with Crippen molar-refractivity contribution in [3.05, 3.63) is 78.1 Å². The van der Waals surface area contributed by atoms with E-state index < -0.39 is 45.5 Å². The fourth-order valence-electron chi connectivity index (χ4n) is 4.00. The van der Waals surface area contributed by atoms with E-state index in [-0.39, 0.29) is 33.9 Å². The number of carbonyl (C=O) groups excluding carboxylic acids is 2. The number of likely N-dealkylation sites (tertiary alicyclic amines) is 1. The second-order valence-electron chi connectivity index (χ2n) is 8.14. The molecule has 0 aliphatic carbocycles. The summed E-state index contributed by atoms with van der Waals surface area (Å²) in [5, 5.41) is 10.1. The molecule has 3 aromatic rings. The number of urea groups is 1. The zero-order valence-corrected chi connectivity index (χ0v) is 19.5. The molecule has 3 aromatic carbocycles. The standard InChI is InChI=1S/C24H21F3N4O4S/c25-17-9-8-15(13-18(17)26)29-24(33)31-11-3-5-21(31)23(32)30-20-10-7-14(12-19(20)27)16-4-1-2-6-22(16)36(28,34)35/h1-2,4,6-10,12-13,21H,3,5,11H2,(H,29,33)(H,30,32)(H2,28,34,35). The molecule has 0 bridgehead atoms. The maximum atomic E-state index is 14.9. The van der Waals surface area contributed by atoms with Crippen molar-refractivity contribution in [2.24, 2.45) is 5.14 Å². The summed E-state index contributed by atoms with van der Waals surface area (Å²) in [4.78, 5) is 26.6. The lowest BCUT2D eigenvalue weighted by molar-refractivity contribution is -0.119. The molecule has 36 heavy (non-hydrogen) atoms. The van der Waals surface area contributed by atoms with Crippen molar-refractivity contribution >= 4 is 33.3 Å². The van der Waals surface area contributed by atoms with Gasteiger partial charge in [-0.3, -0.25) is 4.79 Å². The first-order valence-corrected chi connectivity index (χ1v) is 12.3. The molecule has 1 aliphatic rings. The molecule has 188 valence electrons. The summed E-state index contributed by atoms with van der Waals surface area (Å²) in [5.41, 5.74) is 0.298. The number of benzene rings is 3. The van der Waals surface area contributed by atoms with E-state index in [2.05, 4.69) is 10.6 Å². The zero-order valence-electron chi connectivity index (χ0n) is 18.7. The fraction of sp³-hybridized carbons (Fsp3) is 0.167. The lowest BCUT2D eigenvalue weighted by Crippen LogP contribution is -2.45. The first-order valence-electron chi connectivity index (χ1n) is 10.8. The summed E-state index contributed by atoms with van der Waals surface area (Å²) in [6.45, 7) is 0.235. The molecule has 8 nitrogen and oxygen atoms in total. The summed E-state index contributed by atoms with van der Waals surface area (Å²) in [6, 6.07) is 10.9. The minimum Gasteiger partial charge on any atom is -0.322 e. The number of amides is 3.